The van der Waals surface area contributed by atoms with Crippen molar-refractivity contribution in [2.75, 3.05) is 5.32 Å². The van der Waals surface area contributed by atoms with Crippen LogP contribution in [-0.4, -0.2) is 29.4 Å². The maximum atomic E-state index is 12.8. The summed E-state index contributed by atoms with van der Waals surface area (Å²) in [5, 5.41) is 32.7. The third kappa shape index (κ3) is 6.82. The molecule has 4 rings (SSSR count). The monoisotopic (exact) mass is 581 g/mol. The van der Waals surface area contributed by atoms with Crippen LogP contribution < -0.4 is 9.50 Å². The molecule has 11 nitrogen and oxygen atoms in total. The number of nitro groups is 1. The Morgan fingerprint density at radius 2 is 1.79 bits per heavy atom. The zero-order valence-electron chi connectivity index (χ0n) is 19.6. The lowest BCUT2D eigenvalue weighted by Gasteiger charge is -2.10. The number of hydrogen-bond acceptors (Lipinski definition) is 10. The molecule has 196 valence electrons. The number of carbonyl (C=O) groups excluding carboxylic acids is 1. The van der Waals surface area contributed by atoms with Crippen LogP contribution in [0.25, 0.3) is 6.08 Å². The summed E-state index contributed by atoms with van der Waals surface area (Å²) < 4.78 is 30.9. The topological polar surface area (TPSA) is 165 Å². The molecule has 0 aliphatic heterocycles. The fourth-order valence-electron chi connectivity index (χ4n) is 3.28. The lowest BCUT2D eigenvalue weighted by molar-refractivity contribution is -0.387. The quantitative estimate of drug-likeness (QED) is 0.0940. The molecule has 3 aromatic carbocycles. The summed E-state index contributed by atoms with van der Waals surface area (Å²) in [5.74, 6) is -1.04. The van der Waals surface area contributed by atoms with Crippen LogP contribution in [0.3, 0.4) is 0 Å². The molecule has 0 atom stereocenters. The number of rotatable bonds is 9. The Morgan fingerprint density at radius 1 is 1.10 bits per heavy atom. The molecular formula is C25H16ClN5O6S2. The standard InChI is InChI=1S/C25H16ClN5O6S2/c26-19-11-9-16(10-12-19)13-23-29-30-25(38-23)28-24(32)18(15-27)14-17-5-1-3-7-21(17)37-39(35,36)22-8-4-2-6-20(22)31(33)34/h1-12,14H,13H2,(H,28,30,32)/b18-14+. The lowest BCUT2D eigenvalue weighted by atomic mass is 10.1. The number of carbonyl (C=O) groups is 1. The van der Waals surface area contributed by atoms with Crippen LogP contribution in [0.15, 0.2) is 83.3 Å². The smallest absolute Gasteiger partial charge is 0.346 e. The first-order chi connectivity index (χ1) is 18.7. The van der Waals surface area contributed by atoms with Gasteiger partial charge in [0.2, 0.25) is 5.13 Å². The summed E-state index contributed by atoms with van der Waals surface area (Å²) in [6.07, 6.45) is 1.60. The largest absolute Gasteiger partial charge is 0.378 e. The van der Waals surface area contributed by atoms with Gasteiger partial charge in [0.15, 0.2) is 4.90 Å². The van der Waals surface area contributed by atoms with Crippen LogP contribution in [0.2, 0.25) is 5.02 Å². The van der Waals surface area contributed by atoms with Crippen LogP contribution in [-0.2, 0) is 21.3 Å². The van der Waals surface area contributed by atoms with Gasteiger partial charge in [0, 0.05) is 23.1 Å². The van der Waals surface area contributed by atoms with Crippen LogP contribution in [0.5, 0.6) is 5.75 Å². The molecule has 0 saturated carbocycles. The van der Waals surface area contributed by atoms with E-state index in [0.717, 1.165) is 35.1 Å². The van der Waals surface area contributed by atoms with Gasteiger partial charge >= 0.3 is 10.1 Å². The molecular weight excluding hydrogens is 566 g/mol. The van der Waals surface area contributed by atoms with Gasteiger partial charge in [0.1, 0.15) is 22.4 Å². The number of benzene rings is 3. The molecule has 0 fully saturated rings. The Morgan fingerprint density at radius 3 is 2.51 bits per heavy atom. The maximum Gasteiger partial charge on any atom is 0.346 e. The molecule has 1 heterocycles. The Bertz CT molecular complexity index is 1730. The van der Waals surface area contributed by atoms with E-state index in [0.29, 0.717) is 16.5 Å². The second-order valence-corrected chi connectivity index (χ2v) is 10.7. The molecule has 4 aromatic rings. The fourth-order valence-corrected chi connectivity index (χ4v) is 5.30. The Hall–Kier alpha value is -4.64. The van der Waals surface area contributed by atoms with Crippen molar-refractivity contribution in [3.05, 3.63) is 110 Å². The highest BCUT2D eigenvalue weighted by molar-refractivity contribution is 7.87. The van der Waals surface area contributed by atoms with Gasteiger partial charge in [-0.1, -0.05) is 65.4 Å². The third-order valence-electron chi connectivity index (χ3n) is 5.07. The van der Waals surface area contributed by atoms with Gasteiger partial charge in [-0.05, 0) is 35.9 Å². The fraction of sp³-hybridized carbons (Fsp3) is 0.0400. The molecule has 0 aliphatic rings. The lowest BCUT2D eigenvalue weighted by Crippen LogP contribution is -2.14. The first-order valence-corrected chi connectivity index (χ1v) is 13.5. The van der Waals surface area contributed by atoms with E-state index < -0.39 is 31.5 Å². The zero-order valence-corrected chi connectivity index (χ0v) is 22.0. The predicted molar refractivity (Wildman–Crippen MR) is 144 cm³/mol. The second-order valence-electron chi connectivity index (χ2n) is 7.73. The van der Waals surface area contributed by atoms with E-state index in [1.54, 1.807) is 18.2 Å². The Labute approximate surface area is 231 Å². The number of nitro benzene ring substituents is 1. The number of aromatic nitrogens is 2. The van der Waals surface area contributed by atoms with E-state index in [1.807, 2.05) is 12.1 Å². The van der Waals surface area contributed by atoms with Gasteiger partial charge in [0.25, 0.3) is 11.6 Å². The molecule has 0 aliphatic carbocycles. The van der Waals surface area contributed by atoms with E-state index >= 15 is 0 Å². The van der Waals surface area contributed by atoms with Crippen LogP contribution in [0, 0.1) is 21.4 Å². The number of nitrogens with zero attached hydrogens (tertiary/aromatic N) is 4. The predicted octanol–water partition coefficient (Wildman–Crippen LogP) is 5.00. The minimum Gasteiger partial charge on any atom is -0.378 e. The van der Waals surface area contributed by atoms with Crippen LogP contribution >= 0.6 is 22.9 Å². The summed E-state index contributed by atoms with van der Waals surface area (Å²) in [6, 6.07) is 19.4. The molecule has 0 spiro atoms. The number of hydrogen-bond donors (Lipinski definition) is 1. The second kappa shape index (κ2) is 11.8. The van der Waals surface area contributed by atoms with Gasteiger partial charge in [0.05, 0.1) is 4.92 Å². The van der Waals surface area contributed by atoms with Crippen molar-refractivity contribution in [3.8, 4) is 11.8 Å². The van der Waals surface area contributed by atoms with Crippen molar-refractivity contribution in [2.45, 2.75) is 11.3 Å². The third-order valence-corrected chi connectivity index (χ3v) is 7.44. The summed E-state index contributed by atoms with van der Waals surface area (Å²) in [6.45, 7) is 0. The van der Waals surface area contributed by atoms with Gasteiger partial charge < -0.3 is 4.18 Å². The average molecular weight is 582 g/mol. The normalized spacial score (nSPS) is 11.4. The minimum atomic E-state index is -4.63. The van der Waals surface area contributed by atoms with Gasteiger partial charge in [-0.3, -0.25) is 20.2 Å². The molecule has 1 amide bonds. The van der Waals surface area contributed by atoms with E-state index in [-0.39, 0.29) is 22.0 Å². The highest BCUT2D eigenvalue weighted by atomic mass is 35.5. The SMILES string of the molecule is N#C/C(=C\c1ccccc1OS(=O)(=O)c1ccccc1[N+](=O)[O-])C(=O)Nc1nnc(Cc2ccc(Cl)cc2)s1. The van der Waals surface area contributed by atoms with Crippen molar-refractivity contribution < 1.29 is 22.3 Å². The number of amides is 1. The highest BCUT2D eigenvalue weighted by Gasteiger charge is 2.28. The van der Waals surface area contributed by atoms with Crippen LogP contribution in [0.1, 0.15) is 16.1 Å². The summed E-state index contributed by atoms with van der Waals surface area (Å²) in [4.78, 5) is 22.6. The molecule has 0 unspecified atom stereocenters. The molecule has 1 aromatic heterocycles. The van der Waals surface area contributed by atoms with Crippen molar-refractivity contribution >= 4 is 55.9 Å². The van der Waals surface area contributed by atoms with Gasteiger partial charge in [-0.15, -0.1) is 10.2 Å². The first-order valence-electron chi connectivity index (χ1n) is 10.9. The number of nitriles is 1. The molecule has 0 saturated heterocycles. The highest BCUT2D eigenvalue weighted by Crippen LogP contribution is 2.29. The van der Waals surface area contributed by atoms with Gasteiger partial charge in [-0.25, -0.2) is 0 Å². The van der Waals surface area contributed by atoms with Crippen LogP contribution in [0.4, 0.5) is 10.8 Å². The minimum absolute atomic E-state index is 0.0760. The number of anilines is 1. The number of halogens is 1. The summed E-state index contributed by atoms with van der Waals surface area (Å²) >= 11 is 7.02. The van der Waals surface area contributed by atoms with Crippen molar-refractivity contribution in [3.63, 3.8) is 0 Å². The number of para-hydroxylation sites is 2. The van der Waals surface area contributed by atoms with E-state index in [9.17, 15) is 28.6 Å². The molecule has 0 radical (unpaired) electrons. The van der Waals surface area contributed by atoms with Crippen molar-refractivity contribution in [2.24, 2.45) is 0 Å². The Balaban J connectivity index is 1.54. The average Bonchev–Trinajstić information content (AvgIpc) is 3.35. The number of nitrogens with one attached hydrogen (secondary N) is 1. The summed E-state index contributed by atoms with van der Waals surface area (Å²) in [7, 11) is -4.63. The van der Waals surface area contributed by atoms with E-state index in [4.69, 9.17) is 15.8 Å². The maximum absolute atomic E-state index is 12.8. The van der Waals surface area contributed by atoms with E-state index in [1.165, 1.54) is 36.4 Å². The van der Waals surface area contributed by atoms with Crippen molar-refractivity contribution in [1.82, 2.24) is 10.2 Å². The molecule has 14 heteroatoms. The zero-order chi connectivity index (χ0) is 28.0. The first kappa shape index (κ1) is 27.4. The van der Waals surface area contributed by atoms with Gasteiger partial charge in [-0.2, -0.15) is 13.7 Å². The summed E-state index contributed by atoms with van der Waals surface area (Å²) in [5.41, 5.74) is -0.0100. The molecule has 0 bridgehead atoms. The van der Waals surface area contributed by atoms with Crippen molar-refractivity contribution in [1.29, 1.82) is 5.26 Å². The van der Waals surface area contributed by atoms with E-state index in [2.05, 4.69) is 15.5 Å². The Kier molecular flexibility index (Phi) is 8.30. The molecule has 39 heavy (non-hydrogen) atoms. The molecule has 1 N–H and O–H groups in total.